The molecule has 3 rings (SSSR count). The van der Waals surface area contributed by atoms with Gasteiger partial charge >= 0.3 is 0 Å². The molecule has 1 aromatic heterocycles. The number of unbranched alkanes of at least 4 members (excludes halogenated alkanes) is 1. The highest BCUT2D eigenvalue weighted by molar-refractivity contribution is 5.77. The Balaban J connectivity index is 1.48. The fraction of sp³-hybridized carbons (Fsp3) is 0.455. The summed E-state index contributed by atoms with van der Waals surface area (Å²) in [6, 6.07) is 9.89. The van der Waals surface area contributed by atoms with E-state index in [1.165, 1.54) is 0 Å². The van der Waals surface area contributed by atoms with Crippen LogP contribution in [0.5, 0.6) is 0 Å². The van der Waals surface area contributed by atoms with Gasteiger partial charge in [-0.1, -0.05) is 53.6 Å². The van der Waals surface area contributed by atoms with Crippen LogP contribution in [0.3, 0.4) is 0 Å². The van der Waals surface area contributed by atoms with Gasteiger partial charge in [0.15, 0.2) is 5.82 Å². The molecule has 2 aromatic rings. The molecule has 0 spiro atoms. The zero-order valence-electron chi connectivity index (χ0n) is 16.5. The van der Waals surface area contributed by atoms with E-state index in [1.807, 2.05) is 47.4 Å². The number of likely N-dealkylation sites (tertiary alicyclic amines) is 1. The largest absolute Gasteiger partial charge is 0.389 e. The van der Waals surface area contributed by atoms with Gasteiger partial charge in [0.1, 0.15) is 0 Å². The van der Waals surface area contributed by atoms with Crippen molar-refractivity contribution in [1.29, 1.82) is 0 Å². The molecular weight excluding hydrogens is 366 g/mol. The Morgan fingerprint density at radius 1 is 1.31 bits per heavy atom. The minimum absolute atomic E-state index is 0.00435. The van der Waals surface area contributed by atoms with Crippen molar-refractivity contribution in [2.24, 2.45) is 0 Å². The average molecular weight is 393 g/mol. The van der Waals surface area contributed by atoms with Gasteiger partial charge in [-0.15, -0.1) is 16.1 Å². The van der Waals surface area contributed by atoms with Crippen LogP contribution >= 0.6 is 0 Å². The molecule has 2 heterocycles. The minimum Gasteiger partial charge on any atom is -0.389 e. The monoisotopic (exact) mass is 393 g/mol. The van der Waals surface area contributed by atoms with E-state index in [-0.39, 0.29) is 11.9 Å². The number of nitrogens with zero attached hydrogens (tertiary/aromatic N) is 4. The normalized spacial score (nSPS) is 17.9. The summed E-state index contributed by atoms with van der Waals surface area (Å²) in [6.07, 6.45) is 8.43. The van der Waals surface area contributed by atoms with Crippen LogP contribution in [0.15, 0.2) is 42.5 Å². The van der Waals surface area contributed by atoms with Gasteiger partial charge in [0.2, 0.25) is 5.91 Å². The number of hydrogen-bond donors (Lipinski definition) is 2. The van der Waals surface area contributed by atoms with Crippen LogP contribution in [0.2, 0.25) is 0 Å². The average Bonchev–Trinajstić information content (AvgIpc) is 3.24. The van der Waals surface area contributed by atoms with Gasteiger partial charge in [-0.2, -0.15) is 5.21 Å². The number of hydrogen-bond acceptors (Lipinski definition) is 5. The first-order valence-corrected chi connectivity index (χ1v) is 10.1. The number of nitrogens with one attached hydrogen (secondary N) is 1. The molecule has 2 atom stereocenters. The van der Waals surface area contributed by atoms with E-state index in [2.05, 4.69) is 32.5 Å². The second-order valence-corrected chi connectivity index (χ2v) is 7.16. The topological polar surface area (TPSA) is 95.0 Å². The third kappa shape index (κ3) is 6.84. The second-order valence-electron chi connectivity index (χ2n) is 7.16. The molecule has 2 N–H and O–H groups in total. The highest BCUT2D eigenvalue weighted by atomic mass is 16.3. The van der Waals surface area contributed by atoms with Gasteiger partial charge in [0.25, 0.3) is 0 Å². The van der Waals surface area contributed by atoms with Crippen molar-refractivity contribution in [2.45, 2.75) is 57.1 Å². The summed E-state index contributed by atoms with van der Waals surface area (Å²) in [6.45, 7) is 0.421. The zero-order chi connectivity index (χ0) is 20.3. The maximum atomic E-state index is 12.4. The van der Waals surface area contributed by atoms with Gasteiger partial charge in [0.05, 0.1) is 18.7 Å². The Bertz CT molecular complexity index is 839. The van der Waals surface area contributed by atoms with E-state index in [4.69, 9.17) is 0 Å². The van der Waals surface area contributed by atoms with Crippen molar-refractivity contribution in [3.8, 4) is 11.8 Å². The molecule has 1 unspecified atom stereocenters. The van der Waals surface area contributed by atoms with Crippen LogP contribution < -0.4 is 0 Å². The molecule has 7 nitrogen and oxygen atoms in total. The Kier molecular flexibility index (Phi) is 7.96. The number of carbonyl (C=O) groups excluding carboxylic acids is 1. The van der Waals surface area contributed by atoms with E-state index in [1.54, 1.807) is 0 Å². The van der Waals surface area contributed by atoms with E-state index < -0.39 is 6.10 Å². The Morgan fingerprint density at radius 2 is 2.17 bits per heavy atom. The summed E-state index contributed by atoms with van der Waals surface area (Å²) >= 11 is 0. The van der Waals surface area contributed by atoms with Gasteiger partial charge in [0, 0.05) is 25.7 Å². The number of piperidine rings is 1. The lowest BCUT2D eigenvalue weighted by Gasteiger charge is -2.32. The van der Waals surface area contributed by atoms with Crippen molar-refractivity contribution >= 4 is 5.91 Å². The second kappa shape index (κ2) is 11.1. The third-order valence-electron chi connectivity index (χ3n) is 4.92. The number of aryl methyl sites for hydroxylation is 1. The molecule has 0 saturated carbocycles. The van der Waals surface area contributed by atoms with E-state index in [0.717, 1.165) is 37.7 Å². The summed E-state index contributed by atoms with van der Waals surface area (Å²) in [7, 11) is 0. The predicted molar refractivity (Wildman–Crippen MR) is 110 cm³/mol. The van der Waals surface area contributed by atoms with Gasteiger partial charge < -0.3 is 10.0 Å². The van der Waals surface area contributed by atoms with Crippen molar-refractivity contribution < 1.29 is 9.90 Å². The Labute approximate surface area is 171 Å². The molecule has 1 fully saturated rings. The maximum Gasteiger partial charge on any atom is 0.223 e. The van der Waals surface area contributed by atoms with Gasteiger partial charge in [-0.05, 0) is 24.8 Å². The van der Waals surface area contributed by atoms with Crippen LogP contribution in [0, 0.1) is 11.8 Å². The maximum absolute atomic E-state index is 12.4. The molecule has 7 heteroatoms. The number of carbonyl (C=O) groups is 1. The fourth-order valence-electron chi connectivity index (χ4n) is 3.39. The van der Waals surface area contributed by atoms with Crippen molar-refractivity contribution in [3.63, 3.8) is 0 Å². The molecule has 1 aromatic carbocycles. The molecule has 29 heavy (non-hydrogen) atoms. The van der Waals surface area contributed by atoms with E-state index in [0.29, 0.717) is 25.2 Å². The highest BCUT2D eigenvalue weighted by Gasteiger charge is 2.25. The summed E-state index contributed by atoms with van der Waals surface area (Å²) in [5, 5.41) is 24.1. The number of aliphatic hydroxyl groups is 1. The lowest BCUT2D eigenvalue weighted by Crippen LogP contribution is -2.42. The summed E-state index contributed by atoms with van der Waals surface area (Å²) in [5.41, 5.74) is 1.09. The number of aromatic amines is 1. The molecule has 1 saturated heterocycles. The number of benzene rings is 1. The molecule has 0 radical (unpaired) electrons. The third-order valence-corrected chi connectivity index (χ3v) is 4.92. The summed E-state index contributed by atoms with van der Waals surface area (Å²) < 4.78 is 0. The first-order valence-electron chi connectivity index (χ1n) is 10.1. The van der Waals surface area contributed by atoms with Crippen molar-refractivity contribution in [3.05, 3.63) is 53.9 Å². The van der Waals surface area contributed by atoms with Crippen LogP contribution in [0.4, 0.5) is 0 Å². The number of aliphatic hydroxyl groups excluding tert-OH is 1. The number of rotatable bonds is 8. The Morgan fingerprint density at radius 3 is 2.97 bits per heavy atom. The predicted octanol–water partition coefficient (Wildman–Crippen LogP) is 2.07. The molecule has 1 aliphatic heterocycles. The zero-order valence-corrected chi connectivity index (χ0v) is 16.5. The first-order chi connectivity index (χ1) is 14.2. The highest BCUT2D eigenvalue weighted by Crippen LogP contribution is 2.19. The molecule has 1 aliphatic rings. The van der Waals surface area contributed by atoms with Gasteiger partial charge in [-0.25, -0.2) is 0 Å². The number of amides is 1. The first kappa shape index (κ1) is 20.7. The number of H-pyrrole nitrogens is 1. The smallest absolute Gasteiger partial charge is 0.223 e. The van der Waals surface area contributed by atoms with Gasteiger partial charge in [-0.3, -0.25) is 4.79 Å². The number of tetrazole rings is 1. The fourth-order valence-corrected chi connectivity index (χ4v) is 3.39. The summed E-state index contributed by atoms with van der Waals surface area (Å²) in [5.74, 6) is 7.07. The SMILES string of the molecule is O=C1CCC[C@H](/C=C/C(O)Cc2ccccc2)N1CC#CCCCc1nn[nH]n1. The quantitative estimate of drug-likeness (QED) is 0.407. The lowest BCUT2D eigenvalue weighted by molar-refractivity contribution is -0.134. The van der Waals surface area contributed by atoms with Crippen LogP contribution in [0.25, 0.3) is 0 Å². The number of aromatic nitrogens is 4. The van der Waals surface area contributed by atoms with Crippen LogP contribution in [-0.2, 0) is 17.6 Å². The van der Waals surface area contributed by atoms with Crippen LogP contribution in [-0.4, -0.2) is 55.2 Å². The Hall–Kier alpha value is -2.98. The van der Waals surface area contributed by atoms with Crippen molar-refractivity contribution in [2.75, 3.05) is 6.54 Å². The summed E-state index contributed by atoms with van der Waals surface area (Å²) in [4.78, 5) is 14.2. The molecule has 0 bridgehead atoms. The molecule has 0 aliphatic carbocycles. The van der Waals surface area contributed by atoms with Crippen LogP contribution in [0.1, 0.15) is 43.5 Å². The van der Waals surface area contributed by atoms with Crippen molar-refractivity contribution in [1.82, 2.24) is 25.5 Å². The standard InChI is InChI=1S/C22H27N5O2/c28-20(17-18-9-4-3-5-10-18)15-14-19-11-8-13-22(29)27(19)16-7-2-1-6-12-21-23-25-26-24-21/h3-5,9-10,14-15,19-20,28H,1,6,8,11-13,16-17H2,(H,23,24,25,26)/b15-14+/t19-,20?/m1/s1. The van der Waals surface area contributed by atoms with E-state index in [9.17, 15) is 9.90 Å². The minimum atomic E-state index is -0.562. The lowest BCUT2D eigenvalue weighted by atomic mass is 9.99. The van der Waals surface area contributed by atoms with E-state index >= 15 is 0 Å². The molecular formula is C22H27N5O2. The molecule has 152 valence electrons. The molecule has 1 amide bonds.